The third-order valence-corrected chi connectivity index (χ3v) is 3.32. The highest BCUT2D eigenvalue weighted by atomic mass is 35.5. The zero-order valence-electron chi connectivity index (χ0n) is 10.0. The Balaban J connectivity index is 2.19. The van der Waals surface area contributed by atoms with Crippen molar-refractivity contribution in [3.05, 3.63) is 53.4 Å². The molecule has 1 N–H and O–H groups in total. The van der Waals surface area contributed by atoms with Crippen molar-refractivity contribution in [2.24, 2.45) is 0 Å². The van der Waals surface area contributed by atoms with Gasteiger partial charge in [-0.3, -0.25) is 4.98 Å². The fraction of sp³-hybridized carbons (Fsp3) is 0.0714. The first-order chi connectivity index (χ1) is 9.45. The summed E-state index contributed by atoms with van der Waals surface area (Å²) in [5, 5.41) is 0.854. The van der Waals surface area contributed by atoms with Crippen molar-refractivity contribution in [2.75, 3.05) is 0 Å². The fourth-order valence-electron chi connectivity index (χ4n) is 2.06. The summed E-state index contributed by atoms with van der Waals surface area (Å²) in [5.74, 6) is 0. The summed E-state index contributed by atoms with van der Waals surface area (Å²) in [6.45, 7) is 0. The minimum Gasteiger partial charge on any atom is -0.351 e. The van der Waals surface area contributed by atoms with Gasteiger partial charge in [-0.25, -0.2) is 0 Å². The van der Waals surface area contributed by atoms with Gasteiger partial charge in [0.1, 0.15) is 5.69 Å². The number of benzene rings is 1. The van der Waals surface area contributed by atoms with Gasteiger partial charge in [-0.2, -0.15) is 13.2 Å². The minimum atomic E-state index is -4.40. The Labute approximate surface area is 117 Å². The molecule has 0 saturated carbocycles. The first kappa shape index (κ1) is 13.0. The van der Waals surface area contributed by atoms with Gasteiger partial charge in [0.25, 0.3) is 0 Å². The number of H-pyrrole nitrogens is 1. The molecule has 3 aromatic rings. The third-order valence-electron chi connectivity index (χ3n) is 3.01. The number of hydrogen-bond donors (Lipinski definition) is 1. The lowest BCUT2D eigenvalue weighted by Crippen LogP contribution is -2.04. The standard InChI is InChI=1S/C14H8ClF3N2/c15-11-7-12-9(6-13(20-12)14(16,17)18)5-10(11)8-1-3-19-4-2-8/h1-7,20H. The normalized spacial score (nSPS) is 12.0. The molecule has 0 unspecified atom stereocenters. The van der Waals surface area contributed by atoms with E-state index in [1.165, 1.54) is 6.07 Å². The van der Waals surface area contributed by atoms with Crippen LogP contribution in [-0.2, 0) is 6.18 Å². The number of fused-ring (bicyclic) bond motifs is 1. The number of aromatic amines is 1. The van der Waals surface area contributed by atoms with Crippen LogP contribution < -0.4 is 0 Å². The topological polar surface area (TPSA) is 28.7 Å². The van der Waals surface area contributed by atoms with Crippen molar-refractivity contribution in [2.45, 2.75) is 6.18 Å². The number of aromatic nitrogens is 2. The van der Waals surface area contributed by atoms with Gasteiger partial charge in [0.2, 0.25) is 0 Å². The van der Waals surface area contributed by atoms with E-state index in [0.29, 0.717) is 21.5 Å². The van der Waals surface area contributed by atoms with E-state index in [4.69, 9.17) is 11.6 Å². The number of hydrogen-bond acceptors (Lipinski definition) is 1. The molecule has 6 heteroatoms. The number of alkyl halides is 3. The average molecular weight is 297 g/mol. The van der Waals surface area contributed by atoms with Gasteiger partial charge in [-0.1, -0.05) is 11.6 Å². The SMILES string of the molecule is FC(F)(F)c1cc2cc(-c3ccncc3)c(Cl)cc2[nH]1. The van der Waals surface area contributed by atoms with Crippen LogP contribution in [0.2, 0.25) is 5.02 Å². The predicted molar refractivity (Wildman–Crippen MR) is 71.5 cm³/mol. The Kier molecular flexibility index (Phi) is 2.94. The van der Waals surface area contributed by atoms with Gasteiger partial charge in [0.05, 0.1) is 5.02 Å². The van der Waals surface area contributed by atoms with Gasteiger partial charge in [-0.05, 0) is 35.9 Å². The van der Waals surface area contributed by atoms with E-state index in [1.54, 1.807) is 30.6 Å². The molecular formula is C14H8ClF3N2. The molecule has 20 heavy (non-hydrogen) atoms. The monoisotopic (exact) mass is 296 g/mol. The van der Waals surface area contributed by atoms with Gasteiger partial charge in [-0.15, -0.1) is 0 Å². The Morgan fingerprint density at radius 1 is 1.05 bits per heavy atom. The van der Waals surface area contributed by atoms with Crippen LogP contribution in [-0.4, -0.2) is 9.97 Å². The van der Waals surface area contributed by atoms with E-state index in [2.05, 4.69) is 9.97 Å². The molecule has 0 aliphatic rings. The second-order valence-corrected chi connectivity index (χ2v) is 4.74. The fourth-order valence-corrected chi connectivity index (χ4v) is 2.33. The van der Waals surface area contributed by atoms with Crippen LogP contribution in [0.1, 0.15) is 5.69 Å². The van der Waals surface area contributed by atoms with Crippen LogP contribution in [0.5, 0.6) is 0 Å². The highest BCUT2D eigenvalue weighted by molar-refractivity contribution is 6.34. The highest BCUT2D eigenvalue weighted by Gasteiger charge is 2.32. The maximum absolute atomic E-state index is 12.7. The lowest BCUT2D eigenvalue weighted by molar-refractivity contribution is -0.140. The molecule has 0 bridgehead atoms. The molecule has 0 aliphatic carbocycles. The Morgan fingerprint density at radius 2 is 1.75 bits per heavy atom. The third kappa shape index (κ3) is 2.25. The van der Waals surface area contributed by atoms with Gasteiger partial charge in [0.15, 0.2) is 0 Å². The largest absolute Gasteiger partial charge is 0.431 e. The highest BCUT2D eigenvalue weighted by Crippen LogP contribution is 2.35. The van der Waals surface area contributed by atoms with Crippen molar-refractivity contribution >= 4 is 22.5 Å². The summed E-state index contributed by atoms with van der Waals surface area (Å²) in [6.07, 6.45) is -1.19. The summed E-state index contributed by atoms with van der Waals surface area (Å²) in [6, 6.07) is 7.73. The van der Waals surface area contributed by atoms with E-state index in [9.17, 15) is 13.2 Å². The Hall–Kier alpha value is -2.01. The van der Waals surface area contributed by atoms with Gasteiger partial charge in [0, 0.05) is 28.9 Å². The van der Waals surface area contributed by atoms with Gasteiger partial charge >= 0.3 is 6.18 Å². The molecule has 0 amide bonds. The molecule has 2 heterocycles. The predicted octanol–water partition coefficient (Wildman–Crippen LogP) is 4.90. The molecule has 0 aliphatic heterocycles. The molecule has 0 spiro atoms. The van der Waals surface area contributed by atoms with Crippen molar-refractivity contribution in [1.29, 1.82) is 0 Å². The van der Waals surface area contributed by atoms with Crippen LogP contribution in [0.25, 0.3) is 22.0 Å². The van der Waals surface area contributed by atoms with Crippen LogP contribution in [0.15, 0.2) is 42.7 Å². The van der Waals surface area contributed by atoms with Crippen molar-refractivity contribution in [3.8, 4) is 11.1 Å². The number of pyridine rings is 1. The summed E-state index contributed by atoms with van der Waals surface area (Å²) in [7, 11) is 0. The maximum atomic E-state index is 12.7. The number of rotatable bonds is 1. The van der Waals surface area contributed by atoms with E-state index < -0.39 is 11.9 Å². The van der Waals surface area contributed by atoms with E-state index >= 15 is 0 Å². The molecule has 102 valence electrons. The first-order valence-electron chi connectivity index (χ1n) is 5.75. The van der Waals surface area contributed by atoms with Gasteiger partial charge < -0.3 is 4.98 Å². The second kappa shape index (κ2) is 4.52. The van der Waals surface area contributed by atoms with E-state index in [-0.39, 0.29) is 0 Å². The molecule has 3 rings (SSSR count). The first-order valence-corrected chi connectivity index (χ1v) is 6.13. The maximum Gasteiger partial charge on any atom is 0.431 e. The van der Waals surface area contributed by atoms with Crippen molar-refractivity contribution in [1.82, 2.24) is 9.97 Å². The quantitative estimate of drug-likeness (QED) is 0.679. The summed E-state index contributed by atoms with van der Waals surface area (Å²) in [5.41, 5.74) is 1.06. The molecule has 2 nitrogen and oxygen atoms in total. The van der Waals surface area contributed by atoms with Crippen LogP contribution >= 0.6 is 11.6 Å². The molecular weight excluding hydrogens is 289 g/mol. The molecule has 1 aromatic carbocycles. The lowest BCUT2D eigenvalue weighted by atomic mass is 10.1. The zero-order chi connectivity index (χ0) is 14.3. The number of nitrogens with one attached hydrogen (secondary N) is 1. The van der Waals surface area contributed by atoms with E-state index in [1.807, 2.05) is 0 Å². The molecule has 0 fully saturated rings. The van der Waals surface area contributed by atoms with Crippen LogP contribution in [0, 0.1) is 0 Å². The minimum absolute atomic E-state index is 0.361. The van der Waals surface area contributed by atoms with Crippen LogP contribution in [0.3, 0.4) is 0 Å². The zero-order valence-corrected chi connectivity index (χ0v) is 10.8. The van der Waals surface area contributed by atoms with Crippen molar-refractivity contribution < 1.29 is 13.2 Å². The Morgan fingerprint density at radius 3 is 2.40 bits per heavy atom. The Bertz CT molecular complexity index is 763. The molecule has 2 aromatic heterocycles. The summed E-state index contributed by atoms with van der Waals surface area (Å²) in [4.78, 5) is 6.23. The molecule has 0 saturated heterocycles. The molecule has 0 radical (unpaired) electrons. The average Bonchev–Trinajstić information content (AvgIpc) is 2.81. The van der Waals surface area contributed by atoms with Crippen LogP contribution in [0.4, 0.5) is 13.2 Å². The second-order valence-electron chi connectivity index (χ2n) is 4.34. The summed E-state index contributed by atoms with van der Waals surface area (Å²) >= 11 is 6.14. The van der Waals surface area contributed by atoms with Crippen molar-refractivity contribution in [3.63, 3.8) is 0 Å². The number of halogens is 4. The number of nitrogens with zero attached hydrogens (tertiary/aromatic N) is 1. The summed E-state index contributed by atoms with van der Waals surface area (Å²) < 4.78 is 38.0. The molecule has 0 atom stereocenters. The smallest absolute Gasteiger partial charge is 0.351 e. The lowest BCUT2D eigenvalue weighted by Gasteiger charge is -2.04. The van der Waals surface area contributed by atoms with E-state index in [0.717, 1.165) is 11.6 Å².